The van der Waals surface area contributed by atoms with E-state index in [1.807, 2.05) is 19.1 Å². The van der Waals surface area contributed by atoms with Crippen molar-refractivity contribution in [2.45, 2.75) is 84.0 Å². The van der Waals surface area contributed by atoms with E-state index < -0.39 is 18.6 Å². The van der Waals surface area contributed by atoms with Crippen LogP contribution in [-0.2, 0) is 30.6 Å². The summed E-state index contributed by atoms with van der Waals surface area (Å²) in [5, 5.41) is 3.92. The number of hydrogen-bond acceptors (Lipinski definition) is 3. The number of aryl methyl sites for hydroxylation is 1. The van der Waals surface area contributed by atoms with Crippen molar-refractivity contribution in [2.75, 3.05) is 13.1 Å². The average Bonchev–Trinajstić information content (AvgIpc) is 2.83. The van der Waals surface area contributed by atoms with Gasteiger partial charge in [-0.05, 0) is 91.5 Å². The Bertz CT molecular complexity index is 1100. The number of nitrogens with zero attached hydrogens (tertiary/aromatic N) is 2. The number of oxime groups is 1. The fourth-order valence-electron chi connectivity index (χ4n) is 4.97. The van der Waals surface area contributed by atoms with Gasteiger partial charge in [0, 0.05) is 10.7 Å². The molecule has 1 heterocycles. The van der Waals surface area contributed by atoms with E-state index in [4.69, 9.17) is 8.95 Å². The standard InChI is InChI=1S/C28H35F3N2O/c1-3-22-17-24(11-12-25(22)18-33-14-7-15-33)20(2)32-34-19-21-10-13-26(23-8-5-4-6-9-23)27(16-21)28(29,30)31/h10-13,16-17,23H,3-9,14-15,18-19H2,1-2H3/b32-20+/i2D3. The number of likely N-dealkylation sites (tertiary alicyclic amines) is 1. The van der Waals surface area contributed by atoms with Crippen LogP contribution in [0.4, 0.5) is 13.2 Å². The van der Waals surface area contributed by atoms with Gasteiger partial charge in [-0.1, -0.05) is 55.6 Å². The highest BCUT2D eigenvalue weighted by Crippen LogP contribution is 2.41. The predicted octanol–water partition coefficient (Wildman–Crippen LogP) is 7.46. The summed E-state index contributed by atoms with van der Waals surface area (Å²) in [4.78, 5) is 7.70. The van der Waals surface area contributed by atoms with E-state index in [2.05, 4.69) is 10.1 Å². The van der Waals surface area contributed by atoms with Gasteiger partial charge in [-0.3, -0.25) is 4.90 Å². The Balaban J connectivity index is 1.54. The maximum Gasteiger partial charge on any atom is 0.416 e. The first-order valence-electron chi connectivity index (χ1n) is 13.8. The zero-order valence-corrected chi connectivity index (χ0v) is 19.8. The lowest BCUT2D eigenvalue weighted by molar-refractivity contribution is -0.138. The molecule has 0 N–H and O–H groups in total. The van der Waals surface area contributed by atoms with Crippen molar-refractivity contribution in [2.24, 2.45) is 5.16 Å². The Labute approximate surface area is 205 Å². The molecule has 0 aromatic heterocycles. The Morgan fingerprint density at radius 2 is 1.85 bits per heavy atom. The number of benzene rings is 2. The van der Waals surface area contributed by atoms with Crippen molar-refractivity contribution in [1.82, 2.24) is 4.90 Å². The van der Waals surface area contributed by atoms with Crippen LogP contribution in [0, 0.1) is 0 Å². The molecule has 1 aliphatic heterocycles. The van der Waals surface area contributed by atoms with Crippen molar-refractivity contribution in [3.8, 4) is 0 Å². The molecular weight excluding hydrogens is 437 g/mol. The number of halogens is 3. The van der Waals surface area contributed by atoms with Crippen LogP contribution in [0.3, 0.4) is 0 Å². The minimum Gasteiger partial charge on any atom is -0.391 e. The topological polar surface area (TPSA) is 24.8 Å². The van der Waals surface area contributed by atoms with Gasteiger partial charge in [0.25, 0.3) is 0 Å². The number of hydrogen-bond donors (Lipinski definition) is 0. The lowest BCUT2D eigenvalue weighted by atomic mass is 9.81. The lowest BCUT2D eigenvalue weighted by Gasteiger charge is -2.31. The summed E-state index contributed by atoms with van der Waals surface area (Å²) >= 11 is 0. The van der Waals surface area contributed by atoms with Crippen molar-refractivity contribution in [3.05, 3.63) is 69.8 Å². The van der Waals surface area contributed by atoms with Gasteiger partial charge >= 0.3 is 6.18 Å². The average molecular weight is 476 g/mol. The molecule has 1 saturated carbocycles. The van der Waals surface area contributed by atoms with Gasteiger partial charge in [0.15, 0.2) is 0 Å². The van der Waals surface area contributed by atoms with Crippen molar-refractivity contribution >= 4 is 5.71 Å². The molecule has 2 fully saturated rings. The quantitative estimate of drug-likeness (QED) is 0.292. The highest BCUT2D eigenvalue weighted by Gasteiger charge is 2.35. The Morgan fingerprint density at radius 3 is 2.50 bits per heavy atom. The summed E-state index contributed by atoms with van der Waals surface area (Å²) in [6.45, 7) is 2.21. The third-order valence-electron chi connectivity index (χ3n) is 7.06. The molecule has 0 radical (unpaired) electrons. The fourth-order valence-corrected chi connectivity index (χ4v) is 4.97. The Morgan fingerprint density at radius 1 is 1.06 bits per heavy atom. The van der Waals surface area contributed by atoms with Gasteiger partial charge in [0.1, 0.15) is 6.61 Å². The Hall–Kier alpha value is -2.34. The van der Waals surface area contributed by atoms with Gasteiger partial charge < -0.3 is 4.84 Å². The maximum atomic E-state index is 13.9. The summed E-state index contributed by atoms with van der Waals surface area (Å²) in [6.07, 6.45) is 1.96. The summed E-state index contributed by atoms with van der Waals surface area (Å²) in [7, 11) is 0. The highest BCUT2D eigenvalue weighted by atomic mass is 19.4. The van der Waals surface area contributed by atoms with E-state index in [1.54, 1.807) is 18.2 Å². The number of rotatable bonds is 8. The molecule has 0 unspecified atom stereocenters. The summed E-state index contributed by atoms with van der Waals surface area (Å²) < 4.78 is 65.5. The third-order valence-corrected chi connectivity index (χ3v) is 7.06. The second-order valence-electron chi connectivity index (χ2n) is 9.43. The van der Waals surface area contributed by atoms with Crippen molar-refractivity contribution < 1.29 is 22.1 Å². The van der Waals surface area contributed by atoms with Crippen LogP contribution in [0.15, 0.2) is 41.6 Å². The molecule has 3 nitrogen and oxygen atoms in total. The van der Waals surface area contributed by atoms with E-state index in [0.29, 0.717) is 16.7 Å². The van der Waals surface area contributed by atoms with Crippen LogP contribution in [0.1, 0.15) is 95.7 Å². The first-order chi connectivity index (χ1) is 17.6. The monoisotopic (exact) mass is 475 g/mol. The zero-order chi connectivity index (χ0) is 26.6. The van der Waals surface area contributed by atoms with Gasteiger partial charge in [-0.2, -0.15) is 13.2 Å². The molecule has 1 aliphatic carbocycles. The first-order valence-corrected chi connectivity index (χ1v) is 12.3. The van der Waals surface area contributed by atoms with Crippen LogP contribution in [0.5, 0.6) is 0 Å². The molecule has 184 valence electrons. The molecule has 0 spiro atoms. The SMILES string of the molecule is [2H]C([2H])([2H])/C(=N\OCc1ccc(C2CCCCC2)c(C(F)(F)F)c1)c1ccc(CN2CCC2)c(CC)c1. The van der Waals surface area contributed by atoms with Crippen molar-refractivity contribution in [1.29, 1.82) is 0 Å². The van der Waals surface area contributed by atoms with Gasteiger partial charge in [0.2, 0.25) is 0 Å². The smallest absolute Gasteiger partial charge is 0.391 e. The summed E-state index contributed by atoms with van der Waals surface area (Å²) in [5.74, 6) is -0.0858. The molecule has 6 heteroatoms. The maximum absolute atomic E-state index is 13.9. The third kappa shape index (κ3) is 6.01. The largest absolute Gasteiger partial charge is 0.416 e. The number of alkyl halides is 3. The molecule has 0 atom stereocenters. The molecule has 2 aliphatic rings. The predicted molar refractivity (Wildman–Crippen MR) is 130 cm³/mol. The van der Waals surface area contributed by atoms with E-state index >= 15 is 0 Å². The van der Waals surface area contributed by atoms with Gasteiger partial charge in [-0.25, -0.2) is 0 Å². The van der Waals surface area contributed by atoms with Crippen LogP contribution in [0.2, 0.25) is 0 Å². The minimum atomic E-state index is -4.47. The fraction of sp³-hybridized carbons (Fsp3) is 0.536. The molecule has 1 saturated heterocycles. The molecular formula is C28H35F3N2O. The normalized spacial score (nSPS) is 19.8. The molecule has 0 amide bonds. The molecule has 34 heavy (non-hydrogen) atoms. The second kappa shape index (κ2) is 10.9. The van der Waals surface area contributed by atoms with Crippen LogP contribution in [-0.4, -0.2) is 23.7 Å². The summed E-state index contributed by atoms with van der Waals surface area (Å²) in [5.41, 5.74) is 2.46. The Kier molecular flexibility index (Phi) is 6.75. The summed E-state index contributed by atoms with van der Waals surface area (Å²) in [6, 6.07) is 9.81. The van der Waals surface area contributed by atoms with Gasteiger partial charge in [-0.15, -0.1) is 0 Å². The van der Waals surface area contributed by atoms with Crippen LogP contribution >= 0.6 is 0 Å². The lowest BCUT2D eigenvalue weighted by Crippen LogP contribution is -2.36. The highest BCUT2D eigenvalue weighted by molar-refractivity contribution is 5.98. The van der Waals surface area contributed by atoms with Gasteiger partial charge in [0.05, 0.1) is 11.3 Å². The zero-order valence-electron chi connectivity index (χ0n) is 22.8. The van der Waals surface area contributed by atoms with Crippen LogP contribution < -0.4 is 0 Å². The second-order valence-corrected chi connectivity index (χ2v) is 9.43. The molecule has 4 rings (SSSR count). The van der Waals surface area contributed by atoms with E-state index in [0.717, 1.165) is 75.4 Å². The molecule has 2 aromatic carbocycles. The van der Waals surface area contributed by atoms with E-state index in [1.165, 1.54) is 6.42 Å². The minimum absolute atomic E-state index is 0.0858. The van der Waals surface area contributed by atoms with Crippen LogP contribution in [0.25, 0.3) is 0 Å². The van der Waals surface area contributed by atoms with E-state index in [9.17, 15) is 13.2 Å². The molecule has 0 bridgehead atoms. The van der Waals surface area contributed by atoms with Crippen molar-refractivity contribution in [3.63, 3.8) is 0 Å². The van der Waals surface area contributed by atoms with E-state index in [-0.39, 0.29) is 18.2 Å². The first kappa shape index (κ1) is 21.0. The molecule has 2 aromatic rings.